The first-order chi connectivity index (χ1) is 13.8. The van der Waals surface area contributed by atoms with E-state index in [1.54, 1.807) is 0 Å². The number of aromatic nitrogens is 2. The zero-order valence-electron chi connectivity index (χ0n) is 15.9. The molecule has 0 spiro atoms. The highest BCUT2D eigenvalue weighted by Gasteiger charge is 2.26. The molecular weight excluding hydrogens is 352 g/mol. The molecule has 0 amide bonds. The van der Waals surface area contributed by atoms with Crippen molar-refractivity contribution in [3.05, 3.63) is 48.5 Å². The maximum absolute atomic E-state index is 8.36. The quantitative estimate of drug-likeness (QED) is 0.680. The van der Waals surface area contributed by atoms with Gasteiger partial charge in [0.05, 0.1) is 11.0 Å². The van der Waals surface area contributed by atoms with Crippen LogP contribution in [0.1, 0.15) is 12.8 Å². The summed E-state index contributed by atoms with van der Waals surface area (Å²) in [7, 11) is 0. The van der Waals surface area contributed by atoms with Crippen molar-refractivity contribution in [3.63, 3.8) is 0 Å². The molecule has 1 saturated heterocycles. The molecule has 146 valence electrons. The van der Waals surface area contributed by atoms with Crippen molar-refractivity contribution >= 4 is 23.2 Å². The number of hydrogen-bond acceptors (Lipinski definition) is 4. The molecule has 6 nitrogen and oxygen atoms in total. The maximum atomic E-state index is 8.36. The van der Waals surface area contributed by atoms with Crippen LogP contribution in [0.3, 0.4) is 0 Å². The number of hydrogen-bond donors (Lipinski definition) is 2. The Morgan fingerprint density at radius 2 is 1.82 bits per heavy atom. The molecule has 0 radical (unpaired) electrons. The van der Waals surface area contributed by atoms with E-state index >= 15 is 0 Å². The number of nitrogens with zero attached hydrogens (tertiary/aromatic N) is 3. The van der Waals surface area contributed by atoms with Crippen LogP contribution in [0.4, 0.5) is 5.69 Å². The lowest BCUT2D eigenvalue weighted by Gasteiger charge is -2.36. The lowest BCUT2D eigenvalue weighted by Crippen LogP contribution is -2.47. The summed E-state index contributed by atoms with van der Waals surface area (Å²) < 4.78 is 0. The molecule has 0 atom stereocenters. The average Bonchev–Trinajstić information content (AvgIpc) is 3.43. The first-order valence-corrected chi connectivity index (χ1v) is 9.87. The van der Waals surface area contributed by atoms with Gasteiger partial charge in [-0.1, -0.05) is 24.3 Å². The topological polar surface area (TPSA) is 72.5 Å². The van der Waals surface area contributed by atoms with Gasteiger partial charge in [-0.25, -0.2) is 4.98 Å². The van der Waals surface area contributed by atoms with Crippen LogP contribution in [0.2, 0.25) is 0 Å². The van der Waals surface area contributed by atoms with Crippen molar-refractivity contribution in [2.24, 2.45) is 5.92 Å². The van der Waals surface area contributed by atoms with Gasteiger partial charge in [0.2, 0.25) is 0 Å². The van der Waals surface area contributed by atoms with Gasteiger partial charge in [0, 0.05) is 44.0 Å². The van der Waals surface area contributed by atoms with Crippen LogP contribution in [0.5, 0.6) is 0 Å². The molecule has 2 aromatic carbocycles. The summed E-state index contributed by atoms with van der Waals surface area (Å²) in [5.41, 5.74) is 4.59. The number of aromatic amines is 1. The van der Waals surface area contributed by atoms with E-state index in [0.717, 1.165) is 41.4 Å². The predicted molar refractivity (Wildman–Crippen MR) is 112 cm³/mol. The number of anilines is 1. The van der Waals surface area contributed by atoms with E-state index in [1.807, 2.05) is 12.1 Å². The van der Waals surface area contributed by atoms with Crippen LogP contribution < -0.4 is 4.90 Å². The van der Waals surface area contributed by atoms with Crippen LogP contribution in [0.15, 0.2) is 48.5 Å². The minimum atomic E-state index is -0.250. The number of carboxylic acid groups (broad SMARTS) is 1. The number of para-hydroxylation sites is 2. The second-order valence-electron chi connectivity index (χ2n) is 7.49. The molecular formula is C22H26N4O2. The minimum absolute atomic E-state index is 0.250. The van der Waals surface area contributed by atoms with E-state index in [4.69, 9.17) is 14.9 Å². The van der Waals surface area contributed by atoms with Gasteiger partial charge in [0.15, 0.2) is 0 Å². The highest BCUT2D eigenvalue weighted by molar-refractivity contribution is 5.79. The third-order valence-corrected chi connectivity index (χ3v) is 5.46. The Balaban J connectivity index is 0.000000604. The summed E-state index contributed by atoms with van der Waals surface area (Å²) in [5.74, 6) is 1.94. The van der Waals surface area contributed by atoms with Crippen LogP contribution in [-0.2, 0) is 4.79 Å². The largest absolute Gasteiger partial charge is 0.483 e. The highest BCUT2D eigenvalue weighted by atomic mass is 16.3. The van der Waals surface area contributed by atoms with Crippen molar-refractivity contribution < 1.29 is 9.90 Å². The summed E-state index contributed by atoms with van der Waals surface area (Å²) in [6.07, 6.45) is 2.89. The number of imidazole rings is 1. The Hall–Kier alpha value is -2.86. The van der Waals surface area contributed by atoms with Crippen molar-refractivity contribution in [2.45, 2.75) is 12.8 Å². The number of nitrogens with one attached hydrogen (secondary N) is 1. The SMILES string of the molecule is O=CO.c1cc(-c2nc3ccccc3[nH]2)cc(N2CCN(CC3CC3)CC2)c1. The smallest absolute Gasteiger partial charge is 0.290 e. The molecule has 6 heteroatoms. The van der Waals surface area contributed by atoms with Gasteiger partial charge in [0.25, 0.3) is 6.47 Å². The van der Waals surface area contributed by atoms with Gasteiger partial charge in [-0.15, -0.1) is 0 Å². The summed E-state index contributed by atoms with van der Waals surface area (Å²) in [5, 5.41) is 6.89. The maximum Gasteiger partial charge on any atom is 0.290 e. The van der Waals surface area contributed by atoms with Crippen molar-refractivity contribution in [2.75, 3.05) is 37.6 Å². The molecule has 28 heavy (non-hydrogen) atoms. The second-order valence-corrected chi connectivity index (χ2v) is 7.49. The molecule has 1 aliphatic carbocycles. The zero-order valence-corrected chi connectivity index (χ0v) is 15.9. The monoisotopic (exact) mass is 378 g/mol. The zero-order chi connectivity index (χ0) is 19.3. The second kappa shape index (κ2) is 8.44. The number of piperazine rings is 1. The van der Waals surface area contributed by atoms with Gasteiger partial charge < -0.3 is 15.0 Å². The van der Waals surface area contributed by atoms with Crippen LogP contribution >= 0.6 is 0 Å². The molecule has 0 unspecified atom stereocenters. The van der Waals surface area contributed by atoms with Gasteiger partial charge >= 0.3 is 0 Å². The van der Waals surface area contributed by atoms with Crippen LogP contribution in [-0.4, -0.2) is 59.2 Å². The van der Waals surface area contributed by atoms with Crippen LogP contribution in [0.25, 0.3) is 22.4 Å². The lowest BCUT2D eigenvalue weighted by atomic mass is 10.1. The Morgan fingerprint density at radius 1 is 1.07 bits per heavy atom. The minimum Gasteiger partial charge on any atom is -0.483 e. The van der Waals surface area contributed by atoms with Gasteiger partial charge in [-0.3, -0.25) is 9.69 Å². The van der Waals surface area contributed by atoms with Gasteiger partial charge in [-0.05, 0) is 43.0 Å². The fourth-order valence-corrected chi connectivity index (χ4v) is 3.79. The third-order valence-electron chi connectivity index (χ3n) is 5.46. The average molecular weight is 378 g/mol. The van der Waals surface area contributed by atoms with E-state index in [0.29, 0.717) is 0 Å². The third kappa shape index (κ3) is 4.34. The fourth-order valence-electron chi connectivity index (χ4n) is 3.79. The molecule has 2 N–H and O–H groups in total. The summed E-state index contributed by atoms with van der Waals surface area (Å²) in [4.78, 5) is 21.7. The molecule has 2 heterocycles. The molecule has 1 saturated carbocycles. The van der Waals surface area contributed by atoms with Crippen molar-refractivity contribution in [3.8, 4) is 11.4 Å². The van der Waals surface area contributed by atoms with E-state index < -0.39 is 0 Å². The number of H-pyrrole nitrogens is 1. The first-order valence-electron chi connectivity index (χ1n) is 9.87. The van der Waals surface area contributed by atoms with E-state index in [2.05, 4.69) is 51.2 Å². The predicted octanol–water partition coefficient (Wildman–Crippen LogP) is 3.46. The summed E-state index contributed by atoms with van der Waals surface area (Å²) in [6, 6.07) is 17.0. The standard InChI is InChI=1S/C21H24N4.CH2O2/c1-2-7-20-19(6-1)22-21(23-20)17-4-3-5-18(14-17)25-12-10-24(11-13-25)15-16-8-9-16;2-1-3/h1-7,14,16H,8-13,15H2,(H,22,23);1H,(H,2,3). The number of benzene rings is 2. The van der Waals surface area contributed by atoms with Crippen molar-refractivity contribution in [1.82, 2.24) is 14.9 Å². The van der Waals surface area contributed by atoms with Gasteiger partial charge in [0.1, 0.15) is 5.82 Å². The number of fused-ring (bicyclic) bond motifs is 1. The lowest BCUT2D eigenvalue weighted by molar-refractivity contribution is -0.122. The Bertz CT molecular complexity index is 894. The Morgan fingerprint density at radius 3 is 2.54 bits per heavy atom. The Kier molecular flexibility index (Phi) is 5.58. The first kappa shape index (κ1) is 18.5. The Labute approximate surface area is 164 Å². The molecule has 1 aromatic heterocycles. The number of carbonyl (C=O) groups is 1. The summed E-state index contributed by atoms with van der Waals surface area (Å²) in [6.45, 7) is 5.68. The van der Waals surface area contributed by atoms with E-state index in [1.165, 1.54) is 38.2 Å². The number of rotatable bonds is 4. The van der Waals surface area contributed by atoms with Crippen LogP contribution in [0, 0.1) is 5.92 Å². The fraction of sp³-hybridized carbons (Fsp3) is 0.364. The molecule has 5 rings (SSSR count). The molecule has 2 fully saturated rings. The molecule has 1 aliphatic heterocycles. The summed E-state index contributed by atoms with van der Waals surface area (Å²) >= 11 is 0. The van der Waals surface area contributed by atoms with E-state index in [-0.39, 0.29) is 6.47 Å². The molecule has 3 aromatic rings. The van der Waals surface area contributed by atoms with Crippen molar-refractivity contribution in [1.29, 1.82) is 0 Å². The normalized spacial score (nSPS) is 17.2. The highest BCUT2D eigenvalue weighted by Crippen LogP contribution is 2.30. The molecule has 0 bridgehead atoms. The molecule has 2 aliphatic rings. The van der Waals surface area contributed by atoms with Gasteiger partial charge in [-0.2, -0.15) is 0 Å². The van der Waals surface area contributed by atoms with E-state index in [9.17, 15) is 0 Å².